The van der Waals surface area contributed by atoms with E-state index in [9.17, 15) is 5.11 Å². The van der Waals surface area contributed by atoms with Gasteiger partial charge in [-0.2, -0.15) is 0 Å². The van der Waals surface area contributed by atoms with Gasteiger partial charge in [0.05, 0.1) is 13.1 Å². The Balaban J connectivity index is 3.34. The average Bonchev–Trinajstić information content (AvgIpc) is 2.28. The van der Waals surface area contributed by atoms with Crippen LogP contribution in [-0.4, -0.2) is 37.4 Å². The molecule has 0 spiro atoms. The molecule has 0 fully saturated rings. The lowest BCUT2D eigenvalue weighted by molar-refractivity contribution is -0.695. The Labute approximate surface area is 101 Å². The maximum Gasteiger partial charge on any atom is 0.151 e. The molecule has 0 bridgehead atoms. The van der Waals surface area contributed by atoms with Crippen LogP contribution in [0.2, 0.25) is 0 Å². The number of quaternary nitrogens is 2. The monoisotopic (exact) mass is 232 g/mol. The van der Waals surface area contributed by atoms with Crippen LogP contribution in [0.5, 0.6) is 0 Å². The van der Waals surface area contributed by atoms with Crippen molar-refractivity contribution in [2.24, 2.45) is 11.8 Å². The summed E-state index contributed by atoms with van der Waals surface area (Å²) in [7, 11) is 0. The maximum absolute atomic E-state index is 9.76. The molecule has 0 aliphatic heterocycles. The molecule has 0 radical (unpaired) electrons. The molecule has 0 heterocycles. The summed E-state index contributed by atoms with van der Waals surface area (Å²) in [6, 6.07) is 0. The van der Waals surface area contributed by atoms with E-state index in [0.717, 1.165) is 38.0 Å². The summed E-state index contributed by atoms with van der Waals surface area (Å²) in [5, 5.41) is 14.2. The molecule has 0 saturated carbocycles. The normalized spacial score (nSPS) is 17.1. The zero-order valence-corrected chi connectivity index (χ0v) is 11.6. The van der Waals surface area contributed by atoms with E-state index in [1.807, 2.05) is 0 Å². The van der Waals surface area contributed by atoms with Crippen molar-refractivity contribution >= 4 is 0 Å². The van der Waals surface area contributed by atoms with E-state index < -0.39 is 0 Å². The Bertz CT molecular complexity index is 137. The zero-order valence-electron chi connectivity index (χ0n) is 11.6. The third kappa shape index (κ3) is 9.13. The van der Waals surface area contributed by atoms with E-state index in [4.69, 9.17) is 0 Å². The van der Waals surface area contributed by atoms with Crippen LogP contribution in [-0.2, 0) is 0 Å². The first-order valence-corrected chi connectivity index (χ1v) is 6.91. The molecule has 0 aliphatic rings. The summed E-state index contributed by atoms with van der Waals surface area (Å²) in [5.74, 6) is 1.52. The molecule has 0 aromatic carbocycles. The van der Waals surface area contributed by atoms with E-state index in [-0.39, 0.29) is 6.10 Å². The van der Waals surface area contributed by atoms with E-state index in [1.165, 1.54) is 12.8 Å². The van der Waals surface area contributed by atoms with Crippen LogP contribution in [0.15, 0.2) is 0 Å². The first-order chi connectivity index (χ1) is 7.60. The van der Waals surface area contributed by atoms with Gasteiger partial charge in [0.15, 0.2) is 6.10 Å². The Hall–Kier alpha value is -0.120. The Morgan fingerprint density at radius 1 is 0.812 bits per heavy atom. The first-order valence-electron chi connectivity index (χ1n) is 6.91. The van der Waals surface area contributed by atoms with Gasteiger partial charge in [-0.3, -0.25) is 0 Å². The molecule has 3 heteroatoms. The van der Waals surface area contributed by atoms with Crippen molar-refractivity contribution in [2.45, 2.75) is 46.6 Å². The molecule has 2 atom stereocenters. The molecular weight excluding hydrogens is 200 g/mol. The van der Waals surface area contributed by atoms with Crippen molar-refractivity contribution in [3.05, 3.63) is 0 Å². The second-order valence-electron chi connectivity index (χ2n) is 5.20. The highest BCUT2D eigenvalue weighted by Gasteiger charge is 2.10. The van der Waals surface area contributed by atoms with Gasteiger partial charge >= 0.3 is 0 Å². The standard InChI is InChI=1S/C13H30N2O/c1-5-11(3)7-14-9-13(16)10-15-8-12(4)6-2/h11-16H,5-10H2,1-4H3/p+2. The fourth-order valence-corrected chi connectivity index (χ4v) is 1.58. The van der Waals surface area contributed by atoms with Gasteiger partial charge in [-0.25, -0.2) is 0 Å². The number of rotatable bonds is 10. The molecule has 5 N–H and O–H groups in total. The number of nitrogens with two attached hydrogens (primary N) is 2. The summed E-state index contributed by atoms with van der Waals surface area (Å²) in [5.41, 5.74) is 0. The lowest BCUT2D eigenvalue weighted by Gasteiger charge is -2.12. The molecule has 2 unspecified atom stereocenters. The second kappa shape index (κ2) is 10.1. The van der Waals surface area contributed by atoms with Gasteiger partial charge in [0, 0.05) is 11.8 Å². The van der Waals surface area contributed by atoms with Crippen LogP contribution in [0.4, 0.5) is 0 Å². The van der Waals surface area contributed by atoms with E-state index in [2.05, 4.69) is 38.3 Å². The van der Waals surface area contributed by atoms with Crippen LogP contribution in [0.25, 0.3) is 0 Å². The SMILES string of the molecule is CCC(C)C[NH2+]CC(O)C[NH2+]CC(C)CC. The molecular formula is C13H32N2O+2. The van der Waals surface area contributed by atoms with E-state index in [1.54, 1.807) is 0 Å². The van der Waals surface area contributed by atoms with E-state index >= 15 is 0 Å². The van der Waals surface area contributed by atoms with Crippen molar-refractivity contribution in [1.29, 1.82) is 0 Å². The molecule has 0 aromatic heterocycles. The number of hydrogen-bond acceptors (Lipinski definition) is 1. The topological polar surface area (TPSA) is 53.5 Å². The smallest absolute Gasteiger partial charge is 0.151 e. The minimum Gasteiger partial charge on any atom is -0.382 e. The van der Waals surface area contributed by atoms with Crippen molar-refractivity contribution in [1.82, 2.24) is 0 Å². The highest BCUT2D eigenvalue weighted by Crippen LogP contribution is 1.94. The molecule has 98 valence electrons. The highest BCUT2D eigenvalue weighted by molar-refractivity contribution is 4.49. The fraction of sp³-hybridized carbons (Fsp3) is 1.00. The molecule has 0 amide bonds. The first kappa shape index (κ1) is 15.9. The number of hydrogen-bond donors (Lipinski definition) is 3. The molecule has 0 aromatic rings. The Morgan fingerprint density at radius 2 is 1.19 bits per heavy atom. The molecule has 3 nitrogen and oxygen atoms in total. The van der Waals surface area contributed by atoms with Crippen LogP contribution < -0.4 is 10.6 Å². The van der Waals surface area contributed by atoms with Crippen molar-refractivity contribution in [3.8, 4) is 0 Å². The summed E-state index contributed by atoms with van der Waals surface area (Å²) in [6.45, 7) is 12.9. The Kier molecular flexibility index (Phi) is 9.99. The van der Waals surface area contributed by atoms with Crippen LogP contribution in [0, 0.1) is 11.8 Å². The van der Waals surface area contributed by atoms with E-state index in [0.29, 0.717) is 0 Å². The summed E-state index contributed by atoms with van der Waals surface area (Å²) < 4.78 is 0. The quantitative estimate of drug-likeness (QED) is 0.470. The minimum atomic E-state index is -0.159. The zero-order chi connectivity index (χ0) is 12.4. The average molecular weight is 232 g/mol. The number of aliphatic hydroxyl groups is 1. The molecule has 0 saturated heterocycles. The number of aliphatic hydroxyl groups excluding tert-OH is 1. The predicted octanol–water partition coefficient (Wildman–Crippen LogP) is -0.434. The third-order valence-corrected chi connectivity index (χ3v) is 3.41. The van der Waals surface area contributed by atoms with Gasteiger partial charge < -0.3 is 15.7 Å². The van der Waals surface area contributed by atoms with Gasteiger partial charge in [-0.1, -0.05) is 27.7 Å². The largest absolute Gasteiger partial charge is 0.382 e. The molecule has 0 rings (SSSR count). The van der Waals surface area contributed by atoms with Gasteiger partial charge in [-0.15, -0.1) is 0 Å². The fourth-order valence-electron chi connectivity index (χ4n) is 1.58. The van der Waals surface area contributed by atoms with Crippen molar-refractivity contribution in [2.75, 3.05) is 26.2 Å². The van der Waals surface area contributed by atoms with Crippen LogP contribution >= 0.6 is 0 Å². The summed E-state index contributed by atoms with van der Waals surface area (Å²) in [4.78, 5) is 0. The van der Waals surface area contributed by atoms with Gasteiger partial charge in [0.1, 0.15) is 13.1 Å². The highest BCUT2D eigenvalue weighted by atomic mass is 16.3. The summed E-state index contributed by atoms with van der Waals surface area (Å²) >= 11 is 0. The summed E-state index contributed by atoms with van der Waals surface area (Å²) in [6.07, 6.45) is 2.30. The van der Waals surface area contributed by atoms with Gasteiger partial charge in [0.2, 0.25) is 0 Å². The third-order valence-electron chi connectivity index (χ3n) is 3.41. The van der Waals surface area contributed by atoms with Gasteiger partial charge in [0.25, 0.3) is 0 Å². The molecule has 0 aliphatic carbocycles. The predicted molar refractivity (Wildman–Crippen MR) is 68.2 cm³/mol. The Morgan fingerprint density at radius 3 is 1.50 bits per heavy atom. The minimum absolute atomic E-state index is 0.159. The van der Waals surface area contributed by atoms with Crippen LogP contribution in [0.1, 0.15) is 40.5 Å². The van der Waals surface area contributed by atoms with Crippen molar-refractivity contribution in [3.63, 3.8) is 0 Å². The molecule has 16 heavy (non-hydrogen) atoms. The van der Waals surface area contributed by atoms with Crippen molar-refractivity contribution < 1.29 is 15.7 Å². The second-order valence-corrected chi connectivity index (χ2v) is 5.20. The maximum atomic E-state index is 9.76. The van der Waals surface area contributed by atoms with Gasteiger partial charge in [-0.05, 0) is 12.8 Å². The van der Waals surface area contributed by atoms with Crippen LogP contribution in [0.3, 0.4) is 0 Å². The lowest BCUT2D eigenvalue weighted by atomic mass is 10.1. The lowest BCUT2D eigenvalue weighted by Crippen LogP contribution is -2.92.